The summed E-state index contributed by atoms with van der Waals surface area (Å²) in [5.74, 6) is 0. The van der Waals surface area contributed by atoms with Crippen LogP contribution in [-0.2, 0) is 9.84 Å². The molecular weight excluding hydrogens is 300 g/mol. The summed E-state index contributed by atoms with van der Waals surface area (Å²) in [7, 11) is -3.22. The van der Waals surface area contributed by atoms with Crippen molar-refractivity contribution in [2.75, 3.05) is 37.8 Å². The number of sulfone groups is 1. The molecule has 6 nitrogen and oxygen atoms in total. The van der Waals surface area contributed by atoms with Gasteiger partial charge in [-0.2, -0.15) is 0 Å². The fourth-order valence-electron chi connectivity index (χ4n) is 3.33. The van der Waals surface area contributed by atoms with Crippen molar-refractivity contribution < 1.29 is 8.42 Å². The molecule has 2 fully saturated rings. The van der Waals surface area contributed by atoms with Crippen molar-refractivity contribution in [1.82, 2.24) is 15.2 Å². The fraction of sp³-hybridized carbons (Fsp3) is 0.667. The third-order valence-corrected chi connectivity index (χ3v) is 5.53. The summed E-state index contributed by atoms with van der Waals surface area (Å²) in [6, 6.07) is 4.49. The molecule has 0 amide bonds. The molecule has 2 saturated heterocycles. The van der Waals surface area contributed by atoms with Crippen LogP contribution in [0.15, 0.2) is 23.4 Å². The summed E-state index contributed by atoms with van der Waals surface area (Å²) in [5, 5.41) is 7.01. The van der Waals surface area contributed by atoms with Gasteiger partial charge in [-0.1, -0.05) is 0 Å². The van der Waals surface area contributed by atoms with Crippen molar-refractivity contribution in [3.05, 3.63) is 18.3 Å². The van der Waals surface area contributed by atoms with E-state index in [1.165, 1.54) is 19.1 Å². The Kier molecular flexibility index (Phi) is 4.65. The second-order valence-electron chi connectivity index (χ2n) is 6.26. The van der Waals surface area contributed by atoms with E-state index in [-0.39, 0.29) is 5.03 Å². The zero-order valence-electron chi connectivity index (χ0n) is 13.0. The Labute approximate surface area is 132 Å². The Hall–Kier alpha value is -1.18. The van der Waals surface area contributed by atoms with E-state index in [2.05, 4.69) is 20.5 Å². The molecule has 0 radical (unpaired) electrons. The fourth-order valence-corrected chi connectivity index (χ4v) is 3.89. The number of anilines is 1. The van der Waals surface area contributed by atoms with Gasteiger partial charge in [0.2, 0.25) is 0 Å². The van der Waals surface area contributed by atoms with Crippen LogP contribution in [0.25, 0.3) is 0 Å². The zero-order valence-corrected chi connectivity index (χ0v) is 13.8. The Bertz CT molecular complexity index is 596. The molecule has 1 aromatic heterocycles. The van der Waals surface area contributed by atoms with E-state index in [9.17, 15) is 8.42 Å². The number of pyridine rings is 1. The van der Waals surface area contributed by atoms with E-state index in [4.69, 9.17) is 0 Å². The minimum Gasteiger partial charge on any atom is -0.380 e. The highest BCUT2D eigenvalue weighted by Gasteiger charge is 2.28. The zero-order chi connectivity index (χ0) is 15.6. The third-order valence-electron chi connectivity index (χ3n) is 4.53. The van der Waals surface area contributed by atoms with Crippen molar-refractivity contribution in [2.45, 2.75) is 36.4 Å². The average molecular weight is 324 g/mol. The highest BCUT2D eigenvalue weighted by Crippen LogP contribution is 2.21. The molecule has 1 aromatic rings. The normalized spacial score (nSPS) is 24.5. The number of hydrogen-bond acceptors (Lipinski definition) is 6. The molecule has 0 aromatic carbocycles. The molecule has 0 bridgehead atoms. The summed E-state index contributed by atoms with van der Waals surface area (Å²) in [4.78, 5) is 6.61. The number of nitrogens with one attached hydrogen (secondary N) is 2. The van der Waals surface area contributed by atoms with Crippen molar-refractivity contribution in [3.63, 3.8) is 0 Å². The maximum absolute atomic E-state index is 11.4. The lowest BCUT2D eigenvalue weighted by Gasteiger charge is -2.31. The lowest BCUT2D eigenvalue weighted by atomic mass is 10.1. The van der Waals surface area contributed by atoms with Gasteiger partial charge < -0.3 is 10.6 Å². The number of piperidine rings is 1. The molecular formula is C15H24N4O2S. The molecule has 3 heterocycles. The number of aromatic nitrogens is 1. The first-order chi connectivity index (χ1) is 10.5. The minimum atomic E-state index is -3.22. The predicted octanol–water partition coefficient (Wildman–Crippen LogP) is 0.723. The number of rotatable bonds is 4. The van der Waals surface area contributed by atoms with Crippen LogP contribution < -0.4 is 10.6 Å². The van der Waals surface area contributed by atoms with Crippen LogP contribution in [-0.4, -0.2) is 62.8 Å². The average Bonchev–Trinajstić information content (AvgIpc) is 2.96. The number of likely N-dealkylation sites (tertiary alicyclic amines) is 1. The van der Waals surface area contributed by atoms with E-state index < -0.39 is 9.84 Å². The largest absolute Gasteiger partial charge is 0.380 e. The van der Waals surface area contributed by atoms with E-state index in [0.717, 1.165) is 38.3 Å². The van der Waals surface area contributed by atoms with Gasteiger partial charge in [0.1, 0.15) is 0 Å². The van der Waals surface area contributed by atoms with E-state index >= 15 is 0 Å². The van der Waals surface area contributed by atoms with Crippen molar-refractivity contribution >= 4 is 15.5 Å². The van der Waals surface area contributed by atoms with Crippen LogP contribution in [0.1, 0.15) is 19.3 Å². The highest BCUT2D eigenvalue weighted by molar-refractivity contribution is 7.90. The molecule has 0 spiro atoms. The SMILES string of the molecule is CS(=O)(=O)c1ccc(N[C@H]2CCN(C3CCNCC3)C2)cn1. The van der Waals surface area contributed by atoms with Gasteiger partial charge >= 0.3 is 0 Å². The first-order valence-electron chi connectivity index (χ1n) is 7.90. The Morgan fingerprint density at radius 2 is 2.05 bits per heavy atom. The molecule has 7 heteroatoms. The van der Waals surface area contributed by atoms with Gasteiger partial charge in [0.15, 0.2) is 14.9 Å². The van der Waals surface area contributed by atoms with Crippen molar-refractivity contribution in [1.29, 1.82) is 0 Å². The van der Waals surface area contributed by atoms with Crippen molar-refractivity contribution in [3.8, 4) is 0 Å². The number of nitrogens with zero attached hydrogens (tertiary/aromatic N) is 2. The standard InChI is InChI=1S/C15H24N4O2S/c1-22(20,21)15-3-2-12(10-17-15)18-13-6-9-19(11-13)14-4-7-16-8-5-14/h2-3,10,13-14,16,18H,4-9,11H2,1H3/t13-/m0/s1. The summed E-state index contributed by atoms with van der Waals surface area (Å²) >= 11 is 0. The van der Waals surface area contributed by atoms with E-state index in [1.54, 1.807) is 18.3 Å². The molecule has 3 rings (SSSR count). The van der Waals surface area contributed by atoms with Crippen LogP contribution in [0.3, 0.4) is 0 Å². The third kappa shape index (κ3) is 3.77. The van der Waals surface area contributed by atoms with Gasteiger partial charge in [-0.05, 0) is 44.5 Å². The predicted molar refractivity (Wildman–Crippen MR) is 86.8 cm³/mol. The first kappa shape index (κ1) is 15.7. The molecule has 0 aliphatic carbocycles. The molecule has 1 atom stereocenters. The lowest BCUT2D eigenvalue weighted by molar-refractivity contribution is 0.197. The van der Waals surface area contributed by atoms with Gasteiger partial charge in [-0.3, -0.25) is 4.90 Å². The summed E-state index contributed by atoms with van der Waals surface area (Å²) in [6.07, 6.45) is 6.38. The Morgan fingerprint density at radius 1 is 1.27 bits per heavy atom. The van der Waals surface area contributed by atoms with Crippen LogP contribution >= 0.6 is 0 Å². The molecule has 22 heavy (non-hydrogen) atoms. The van der Waals surface area contributed by atoms with Crippen LogP contribution in [0.2, 0.25) is 0 Å². The van der Waals surface area contributed by atoms with Crippen LogP contribution in [0.4, 0.5) is 5.69 Å². The second kappa shape index (κ2) is 6.52. The first-order valence-corrected chi connectivity index (χ1v) is 9.79. The second-order valence-corrected chi connectivity index (χ2v) is 8.23. The lowest BCUT2D eigenvalue weighted by Crippen LogP contribution is -2.42. The summed E-state index contributed by atoms with van der Waals surface area (Å²) in [5.41, 5.74) is 0.893. The van der Waals surface area contributed by atoms with E-state index in [1.807, 2.05) is 0 Å². The Morgan fingerprint density at radius 3 is 2.68 bits per heavy atom. The monoisotopic (exact) mass is 324 g/mol. The van der Waals surface area contributed by atoms with Crippen molar-refractivity contribution in [2.24, 2.45) is 0 Å². The molecule has 0 saturated carbocycles. The van der Waals surface area contributed by atoms with Gasteiger partial charge in [0.05, 0.1) is 11.9 Å². The molecule has 2 aliphatic heterocycles. The molecule has 2 N–H and O–H groups in total. The molecule has 0 unspecified atom stereocenters. The maximum Gasteiger partial charge on any atom is 0.192 e. The summed E-state index contributed by atoms with van der Waals surface area (Å²) in [6.45, 7) is 4.43. The van der Waals surface area contributed by atoms with Gasteiger partial charge in [-0.15, -0.1) is 0 Å². The molecule has 122 valence electrons. The molecule has 2 aliphatic rings. The maximum atomic E-state index is 11.4. The Balaban J connectivity index is 1.55. The minimum absolute atomic E-state index is 0.126. The summed E-state index contributed by atoms with van der Waals surface area (Å²) < 4.78 is 22.8. The van der Waals surface area contributed by atoms with Gasteiger partial charge in [0.25, 0.3) is 0 Å². The van der Waals surface area contributed by atoms with Gasteiger partial charge in [0, 0.05) is 31.4 Å². The quantitative estimate of drug-likeness (QED) is 0.850. The van der Waals surface area contributed by atoms with E-state index in [0.29, 0.717) is 12.1 Å². The van der Waals surface area contributed by atoms with Gasteiger partial charge in [-0.25, -0.2) is 13.4 Å². The van der Waals surface area contributed by atoms with Crippen LogP contribution in [0.5, 0.6) is 0 Å². The number of hydrogen-bond donors (Lipinski definition) is 2. The highest BCUT2D eigenvalue weighted by atomic mass is 32.2. The van der Waals surface area contributed by atoms with Crippen LogP contribution in [0, 0.1) is 0 Å². The topological polar surface area (TPSA) is 74.3 Å². The smallest absolute Gasteiger partial charge is 0.192 e.